The Morgan fingerprint density at radius 1 is 1.38 bits per heavy atom. The van der Waals surface area contributed by atoms with Crippen LogP contribution in [0.1, 0.15) is 33.6 Å². The minimum Gasteiger partial charge on any atom is -0.499 e. The summed E-state index contributed by atoms with van der Waals surface area (Å²) < 4.78 is 0. The van der Waals surface area contributed by atoms with Crippen LogP contribution in [-0.2, 0) is 17.7 Å². The first-order valence-electron chi connectivity index (χ1n) is 5.30. The molecule has 0 fully saturated rings. The van der Waals surface area contributed by atoms with Gasteiger partial charge in [0.1, 0.15) is 4.88 Å². The van der Waals surface area contributed by atoms with Crippen LogP contribution in [0, 0.1) is 0 Å². The quantitative estimate of drug-likeness (QED) is 0.805. The van der Waals surface area contributed by atoms with E-state index >= 15 is 0 Å². The lowest BCUT2D eigenvalue weighted by Crippen LogP contribution is -2.25. The van der Waals surface area contributed by atoms with Gasteiger partial charge in [-0.3, -0.25) is 9.63 Å². The van der Waals surface area contributed by atoms with E-state index in [2.05, 4.69) is 0 Å². The zero-order valence-electron chi connectivity index (χ0n) is 9.45. The average molecular weight is 241 g/mol. The molecule has 0 saturated carbocycles. The molecule has 2 rings (SSSR count). The molecule has 0 atom stereocenters. The third kappa shape index (κ3) is 1.81. The normalized spacial score (nSPS) is 14.6. The number of hydrogen-bond acceptors (Lipinski definition) is 4. The first-order chi connectivity index (χ1) is 7.65. The number of hydroxylamine groups is 2. The van der Waals surface area contributed by atoms with E-state index in [9.17, 15) is 9.90 Å². The van der Waals surface area contributed by atoms with Gasteiger partial charge in [0.05, 0.1) is 7.11 Å². The predicted molar refractivity (Wildman–Crippen MR) is 61.7 cm³/mol. The van der Waals surface area contributed by atoms with Crippen molar-refractivity contribution in [3.05, 3.63) is 16.0 Å². The molecule has 0 unspecified atom stereocenters. The summed E-state index contributed by atoms with van der Waals surface area (Å²) in [6, 6.07) is 0. The fraction of sp³-hybridized carbons (Fsp3) is 0.545. The molecule has 1 aromatic rings. The van der Waals surface area contributed by atoms with Crippen molar-refractivity contribution in [1.82, 2.24) is 5.06 Å². The molecule has 0 saturated heterocycles. The van der Waals surface area contributed by atoms with Crippen LogP contribution in [0.2, 0.25) is 0 Å². The topological polar surface area (TPSA) is 49.8 Å². The molecule has 88 valence electrons. The highest BCUT2D eigenvalue weighted by molar-refractivity contribution is 7.16. The molecule has 1 amide bonds. The van der Waals surface area contributed by atoms with Crippen LogP contribution >= 0.6 is 11.3 Å². The first-order valence-corrected chi connectivity index (χ1v) is 6.12. The van der Waals surface area contributed by atoms with E-state index < -0.39 is 0 Å². The molecule has 4 nitrogen and oxygen atoms in total. The number of carbonyl (C=O) groups excluding carboxylic acids is 1. The van der Waals surface area contributed by atoms with E-state index in [1.54, 1.807) is 7.05 Å². The molecule has 0 bridgehead atoms. The van der Waals surface area contributed by atoms with Crippen LogP contribution in [0.25, 0.3) is 0 Å². The zero-order valence-corrected chi connectivity index (χ0v) is 10.3. The summed E-state index contributed by atoms with van der Waals surface area (Å²) in [4.78, 5) is 17.5. The Balaban J connectivity index is 2.38. The molecule has 1 aromatic heterocycles. The van der Waals surface area contributed by atoms with E-state index in [1.165, 1.54) is 23.5 Å². The summed E-state index contributed by atoms with van der Waals surface area (Å²) in [5.74, 6) is -0.175. The van der Waals surface area contributed by atoms with Crippen LogP contribution in [0.15, 0.2) is 0 Å². The average Bonchev–Trinajstić information content (AvgIpc) is 2.65. The lowest BCUT2D eigenvalue weighted by molar-refractivity contribution is -0.0754. The molecular weight excluding hydrogens is 226 g/mol. The summed E-state index contributed by atoms with van der Waals surface area (Å²) in [6.07, 6.45) is 3.93. The molecule has 1 aliphatic carbocycles. The van der Waals surface area contributed by atoms with Crippen LogP contribution in [-0.4, -0.2) is 30.2 Å². The van der Waals surface area contributed by atoms with Crippen molar-refractivity contribution in [1.29, 1.82) is 0 Å². The SMILES string of the molecule is CON(C)C(=O)c1sc(O)c2c1CCCC2. The van der Waals surface area contributed by atoms with Crippen molar-refractivity contribution in [3.63, 3.8) is 0 Å². The van der Waals surface area contributed by atoms with E-state index in [1.807, 2.05) is 0 Å². The molecule has 1 aliphatic rings. The first kappa shape index (κ1) is 11.4. The third-order valence-electron chi connectivity index (χ3n) is 2.95. The number of rotatable bonds is 2. The van der Waals surface area contributed by atoms with Crippen LogP contribution in [0.4, 0.5) is 0 Å². The Bertz CT molecular complexity index is 414. The standard InChI is InChI=1S/C11H15NO3S/c1-12(15-2)10(13)9-7-5-3-4-6-8(7)11(14)16-9/h14H,3-6H2,1-2H3. The summed E-state index contributed by atoms with van der Waals surface area (Å²) in [7, 11) is 3.03. The maximum atomic E-state index is 12.0. The van der Waals surface area contributed by atoms with E-state index in [0.717, 1.165) is 36.8 Å². The number of thiophene rings is 1. The molecule has 5 heteroatoms. The van der Waals surface area contributed by atoms with Gasteiger partial charge >= 0.3 is 0 Å². The second-order valence-corrected chi connectivity index (χ2v) is 4.88. The summed E-state index contributed by atoms with van der Waals surface area (Å²) in [5, 5.41) is 11.3. The zero-order chi connectivity index (χ0) is 11.7. The number of carbonyl (C=O) groups is 1. The minimum atomic E-state index is -0.175. The summed E-state index contributed by atoms with van der Waals surface area (Å²) in [6.45, 7) is 0. The largest absolute Gasteiger partial charge is 0.499 e. The van der Waals surface area contributed by atoms with Crippen LogP contribution in [0.3, 0.4) is 0 Å². The number of fused-ring (bicyclic) bond motifs is 1. The second kappa shape index (κ2) is 4.43. The summed E-state index contributed by atoms with van der Waals surface area (Å²) >= 11 is 1.17. The van der Waals surface area contributed by atoms with Crippen molar-refractivity contribution >= 4 is 17.2 Å². The second-order valence-electron chi connectivity index (χ2n) is 3.89. The number of amides is 1. The Labute approximate surface area is 98.4 Å². The number of nitrogens with zero attached hydrogens (tertiary/aromatic N) is 1. The Kier molecular flexibility index (Phi) is 3.16. The molecule has 0 aromatic carbocycles. The lowest BCUT2D eigenvalue weighted by atomic mass is 9.93. The minimum absolute atomic E-state index is 0.175. The van der Waals surface area contributed by atoms with Gasteiger partial charge in [0, 0.05) is 12.6 Å². The van der Waals surface area contributed by atoms with Gasteiger partial charge in [-0.25, -0.2) is 5.06 Å². The van der Waals surface area contributed by atoms with Gasteiger partial charge in [-0.1, -0.05) is 11.3 Å². The van der Waals surface area contributed by atoms with E-state index in [-0.39, 0.29) is 5.91 Å². The molecule has 1 heterocycles. The van der Waals surface area contributed by atoms with E-state index in [0.29, 0.717) is 9.94 Å². The van der Waals surface area contributed by atoms with Crippen molar-refractivity contribution in [2.75, 3.05) is 14.2 Å². The molecule has 0 aliphatic heterocycles. The fourth-order valence-corrected chi connectivity index (χ4v) is 3.12. The van der Waals surface area contributed by atoms with Gasteiger partial charge in [-0.15, -0.1) is 0 Å². The number of hydrogen-bond donors (Lipinski definition) is 1. The van der Waals surface area contributed by atoms with Gasteiger partial charge in [0.25, 0.3) is 5.91 Å². The third-order valence-corrected chi connectivity index (χ3v) is 4.02. The monoisotopic (exact) mass is 241 g/mol. The molecular formula is C11H15NO3S. The smallest absolute Gasteiger partial charge is 0.287 e. The molecule has 0 radical (unpaired) electrons. The molecule has 16 heavy (non-hydrogen) atoms. The molecule has 0 spiro atoms. The van der Waals surface area contributed by atoms with Crippen LogP contribution < -0.4 is 0 Å². The maximum absolute atomic E-state index is 12.0. The highest BCUT2D eigenvalue weighted by Crippen LogP contribution is 2.39. The van der Waals surface area contributed by atoms with Crippen LogP contribution in [0.5, 0.6) is 5.06 Å². The predicted octanol–water partition coefficient (Wildman–Crippen LogP) is 1.97. The van der Waals surface area contributed by atoms with Gasteiger partial charge in [0.2, 0.25) is 0 Å². The van der Waals surface area contributed by atoms with Gasteiger partial charge < -0.3 is 5.11 Å². The van der Waals surface area contributed by atoms with Crippen molar-refractivity contribution < 1.29 is 14.7 Å². The Morgan fingerprint density at radius 3 is 2.62 bits per heavy atom. The highest BCUT2D eigenvalue weighted by Gasteiger charge is 2.26. The maximum Gasteiger partial charge on any atom is 0.287 e. The van der Waals surface area contributed by atoms with Gasteiger partial charge in [-0.2, -0.15) is 0 Å². The Morgan fingerprint density at radius 2 is 2.00 bits per heavy atom. The highest BCUT2D eigenvalue weighted by atomic mass is 32.1. The molecule has 1 N–H and O–H groups in total. The van der Waals surface area contributed by atoms with Crippen molar-refractivity contribution in [2.45, 2.75) is 25.7 Å². The summed E-state index contributed by atoms with van der Waals surface area (Å²) in [5.41, 5.74) is 1.98. The lowest BCUT2D eigenvalue weighted by Gasteiger charge is -2.16. The number of aromatic hydroxyl groups is 1. The van der Waals surface area contributed by atoms with Crippen molar-refractivity contribution in [2.24, 2.45) is 0 Å². The fourth-order valence-electron chi connectivity index (χ4n) is 2.01. The van der Waals surface area contributed by atoms with Gasteiger partial charge in [-0.05, 0) is 31.2 Å². The van der Waals surface area contributed by atoms with Crippen molar-refractivity contribution in [3.8, 4) is 5.06 Å². The Hall–Kier alpha value is -1.07. The van der Waals surface area contributed by atoms with Gasteiger partial charge in [0.15, 0.2) is 5.06 Å². The van der Waals surface area contributed by atoms with E-state index in [4.69, 9.17) is 4.84 Å².